The number of amides is 1. The van der Waals surface area contributed by atoms with Gasteiger partial charge in [-0.25, -0.2) is 0 Å². The molecule has 1 aromatic rings. The fourth-order valence-corrected chi connectivity index (χ4v) is 3.55. The lowest BCUT2D eigenvalue weighted by molar-refractivity contribution is -0.170. The largest absolute Gasteiger partial charge is 0.495 e. The number of anilines is 2. The molecule has 0 aromatic heterocycles. The van der Waals surface area contributed by atoms with Gasteiger partial charge in [-0.2, -0.15) is 13.2 Å². The van der Waals surface area contributed by atoms with Crippen LogP contribution < -0.4 is 20.7 Å². The zero-order valence-corrected chi connectivity index (χ0v) is 12.7. The lowest BCUT2D eigenvalue weighted by atomic mass is 9.74. The maximum atomic E-state index is 12.9. The van der Waals surface area contributed by atoms with Crippen LogP contribution in [-0.2, 0) is 10.2 Å². The number of halogens is 3. The minimum absolute atomic E-state index is 0.0228. The van der Waals surface area contributed by atoms with E-state index in [0.29, 0.717) is 37.2 Å². The van der Waals surface area contributed by atoms with Crippen LogP contribution in [0.1, 0.15) is 18.4 Å². The summed E-state index contributed by atoms with van der Waals surface area (Å²) in [6.07, 6.45) is -3.59. The number of fused-ring (bicyclic) bond motifs is 2. The third-order valence-corrected chi connectivity index (χ3v) is 4.72. The average Bonchev–Trinajstić information content (AvgIpc) is 2.79. The Labute approximate surface area is 131 Å². The van der Waals surface area contributed by atoms with Crippen molar-refractivity contribution in [1.82, 2.24) is 5.32 Å². The van der Waals surface area contributed by atoms with E-state index in [4.69, 9.17) is 10.5 Å². The minimum atomic E-state index is -4.91. The molecule has 1 saturated heterocycles. The van der Waals surface area contributed by atoms with E-state index < -0.39 is 17.5 Å². The van der Waals surface area contributed by atoms with Crippen molar-refractivity contribution in [3.05, 3.63) is 17.7 Å². The van der Waals surface area contributed by atoms with E-state index in [1.54, 1.807) is 6.07 Å². The molecule has 0 saturated carbocycles. The topological polar surface area (TPSA) is 67.6 Å². The summed E-state index contributed by atoms with van der Waals surface area (Å²) in [7, 11) is 1.46. The number of rotatable bonds is 1. The zero-order chi connectivity index (χ0) is 16.8. The number of methoxy groups -OCH3 is 1. The van der Waals surface area contributed by atoms with E-state index in [-0.39, 0.29) is 17.9 Å². The van der Waals surface area contributed by atoms with E-state index >= 15 is 0 Å². The standard InChI is InChI=1S/C15H18F3N3O2/c1-23-12-6-9-11(7-10(12)19)21(13(22)15(16,17)18)8-14(9)2-4-20-5-3-14/h6-7,20H,2-5,8,19H2,1H3. The van der Waals surface area contributed by atoms with Crippen LogP contribution in [-0.4, -0.2) is 38.8 Å². The molecule has 2 heterocycles. The molecule has 2 aliphatic rings. The lowest BCUT2D eigenvalue weighted by Gasteiger charge is -2.34. The van der Waals surface area contributed by atoms with Crippen LogP contribution in [0.25, 0.3) is 0 Å². The number of carbonyl (C=O) groups is 1. The maximum absolute atomic E-state index is 12.9. The van der Waals surface area contributed by atoms with E-state index in [9.17, 15) is 18.0 Å². The molecule has 0 unspecified atom stereocenters. The molecule has 8 heteroatoms. The van der Waals surface area contributed by atoms with Crippen LogP contribution in [0.2, 0.25) is 0 Å². The Hall–Kier alpha value is -1.96. The third-order valence-electron chi connectivity index (χ3n) is 4.72. The highest BCUT2D eigenvalue weighted by molar-refractivity contribution is 6.00. The monoisotopic (exact) mass is 329 g/mol. The highest BCUT2D eigenvalue weighted by Gasteiger charge is 2.51. The molecule has 0 aliphatic carbocycles. The van der Waals surface area contributed by atoms with Gasteiger partial charge in [-0.1, -0.05) is 0 Å². The first-order chi connectivity index (χ1) is 10.8. The van der Waals surface area contributed by atoms with Crippen LogP contribution in [0.3, 0.4) is 0 Å². The number of nitrogens with one attached hydrogen (secondary N) is 1. The Kier molecular flexibility index (Phi) is 3.66. The number of piperidine rings is 1. The van der Waals surface area contributed by atoms with Crippen LogP contribution >= 0.6 is 0 Å². The van der Waals surface area contributed by atoms with Gasteiger partial charge in [-0.15, -0.1) is 0 Å². The van der Waals surface area contributed by atoms with Crippen LogP contribution in [0.5, 0.6) is 5.75 Å². The van der Waals surface area contributed by atoms with Gasteiger partial charge in [0.05, 0.1) is 18.5 Å². The highest BCUT2D eigenvalue weighted by atomic mass is 19.4. The molecule has 23 heavy (non-hydrogen) atoms. The lowest BCUT2D eigenvalue weighted by Crippen LogP contribution is -2.47. The molecule has 126 valence electrons. The smallest absolute Gasteiger partial charge is 0.471 e. The summed E-state index contributed by atoms with van der Waals surface area (Å²) in [5.74, 6) is -1.43. The van der Waals surface area contributed by atoms with Crippen LogP contribution in [0.4, 0.5) is 24.5 Å². The fourth-order valence-electron chi connectivity index (χ4n) is 3.55. The molecule has 3 N–H and O–H groups in total. The second-order valence-corrected chi connectivity index (χ2v) is 6.03. The van der Waals surface area contributed by atoms with Crippen molar-refractivity contribution in [2.45, 2.75) is 24.4 Å². The quantitative estimate of drug-likeness (QED) is 0.771. The van der Waals surface area contributed by atoms with Gasteiger partial charge in [0.15, 0.2) is 0 Å². The Morgan fingerprint density at radius 1 is 1.35 bits per heavy atom. The first-order valence-electron chi connectivity index (χ1n) is 7.36. The van der Waals surface area contributed by atoms with Crippen LogP contribution in [0.15, 0.2) is 12.1 Å². The van der Waals surface area contributed by atoms with Gasteiger partial charge in [-0.3, -0.25) is 4.79 Å². The van der Waals surface area contributed by atoms with Crippen molar-refractivity contribution >= 4 is 17.3 Å². The maximum Gasteiger partial charge on any atom is 0.471 e. The minimum Gasteiger partial charge on any atom is -0.495 e. The number of carbonyl (C=O) groups excluding carboxylic acids is 1. The zero-order valence-electron chi connectivity index (χ0n) is 12.7. The number of ether oxygens (including phenoxy) is 1. The van der Waals surface area contributed by atoms with E-state index in [2.05, 4.69) is 5.32 Å². The molecule has 0 radical (unpaired) electrons. The molecule has 5 nitrogen and oxygen atoms in total. The summed E-state index contributed by atoms with van der Waals surface area (Å²) in [5.41, 5.74) is 6.53. The Morgan fingerprint density at radius 3 is 2.57 bits per heavy atom. The second-order valence-electron chi connectivity index (χ2n) is 6.03. The second kappa shape index (κ2) is 5.30. The SMILES string of the molecule is COc1cc2c(cc1N)N(C(=O)C(F)(F)F)CC21CCNCC1. The highest BCUT2D eigenvalue weighted by Crippen LogP contribution is 2.49. The molecule has 3 rings (SSSR count). The molecule has 0 atom stereocenters. The summed E-state index contributed by atoms with van der Waals surface area (Å²) in [6.45, 7) is 1.41. The van der Waals surface area contributed by atoms with E-state index in [1.165, 1.54) is 13.2 Å². The van der Waals surface area contributed by atoms with Crippen molar-refractivity contribution in [2.75, 3.05) is 37.4 Å². The van der Waals surface area contributed by atoms with Gasteiger partial charge in [0.1, 0.15) is 5.75 Å². The van der Waals surface area contributed by atoms with Gasteiger partial charge in [0.25, 0.3) is 0 Å². The molecule has 2 aliphatic heterocycles. The van der Waals surface area contributed by atoms with E-state index in [1.807, 2.05) is 0 Å². The number of nitrogen functional groups attached to an aromatic ring is 1. The van der Waals surface area contributed by atoms with Gasteiger partial charge >= 0.3 is 12.1 Å². The van der Waals surface area contributed by atoms with Crippen LogP contribution in [0, 0.1) is 0 Å². The molecule has 1 spiro atoms. The van der Waals surface area contributed by atoms with Crippen molar-refractivity contribution in [3.63, 3.8) is 0 Å². The van der Waals surface area contributed by atoms with Gasteiger partial charge in [0.2, 0.25) is 0 Å². The summed E-state index contributed by atoms with van der Waals surface area (Å²) in [6, 6.07) is 3.09. The average molecular weight is 329 g/mol. The normalized spacial score (nSPS) is 19.7. The van der Waals surface area contributed by atoms with Gasteiger partial charge in [0, 0.05) is 12.0 Å². The van der Waals surface area contributed by atoms with Crippen molar-refractivity contribution in [2.24, 2.45) is 0 Å². The summed E-state index contributed by atoms with van der Waals surface area (Å²) in [4.78, 5) is 12.7. The van der Waals surface area contributed by atoms with Crippen molar-refractivity contribution in [1.29, 1.82) is 0 Å². The number of nitrogens with two attached hydrogens (primary N) is 1. The Balaban J connectivity index is 2.12. The number of benzene rings is 1. The number of nitrogens with zero attached hydrogens (tertiary/aromatic N) is 1. The molecule has 1 fully saturated rings. The fraction of sp³-hybridized carbons (Fsp3) is 0.533. The first kappa shape index (κ1) is 15.9. The summed E-state index contributed by atoms with van der Waals surface area (Å²) in [5, 5.41) is 3.20. The summed E-state index contributed by atoms with van der Waals surface area (Å²) < 4.78 is 44.0. The predicted molar refractivity (Wildman–Crippen MR) is 79.6 cm³/mol. The molecular weight excluding hydrogens is 311 g/mol. The van der Waals surface area contributed by atoms with Crippen molar-refractivity contribution < 1.29 is 22.7 Å². The summed E-state index contributed by atoms with van der Waals surface area (Å²) >= 11 is 0. The van der Waals surface area contributed by atoms with E-state index in [0.717, 1.165) is 4.90 Å². The first-order valence-corrected chi connectivity index (χ1v) is 7.36. The number of hydrogen-bond donors (Lipinski definition) is 2. The Morgan fingerprint density at radius 2 is 2.00 bits per heavy atom. The molecular formula is C15H18F3N3O2. The Bertz CT molecular complexity index is 640. The van der Waals surface area contributed by atoms with Crippen molar-refractivity contribution in [3.8, 4) is 5.75 Å². The third kappa shape index (κ3) is 2.50. The molecule has 1 aromatic carbocycles. The van der Waals surface area contributed by atoms with Gasteiger partial charge < -0.3 is 20.7 Å². The molecule has 1 amide bonds. The van der Waals surface area contributed by atoms with Gasteiger partial charge in [-0.05, 0) is 43.6 Å². The number of alkyl halides is 3. The number of hydrogen-bond acceptors (Lipinski definition) is 4. The molecule has 0 bridgehead atoms. The predicted octanol–water partition coefficient (Wildman–Crippen LogP) is 1.81.